The second kappa shape index (κ2) is 4.37. The molecule has 0 bridgehead atoms. The van der Waals surface area contributed by atoms with E-state index < -0.39 is 0 Å². The Bertz CT molecular complexity index is 350. The van der Waals surface area contributed by atoms with Crippen LogP contribution >= 0.6 is 11.8 Å². The zero-order valence-electron chi connectivity index (χ0n) is 7.59. The van der Waals surface area contributed by atoms with Crippen LogP contribution in [0.15, 0.2) is 29.5 Å². The number of carbonyl (C=O) groups excluding carboxylic acids is 1. The van der Waals surface area contributed by atoms with Crippen LogP contribution in [0.25, 0.3) is 0 Å². The molecule has 1 aromatic rings. The lowest BCUT2D eigenvalue weighted by molar-refractivity contribution is -0.116. The summed E-state index contributed by atoms with van der Waals surface area (Å²) in [4.78, 5) is 19.5. The van der Waals surface area contributed by atoms with E-state index in [-0.39, 0.29) is 11.8 Å². The van der Waals surface area contributed by atoms with Crippen LogP contribution in [0, 0.1) is 0 Å². The molecule has 14 heavy (non-hydrogen) atoms. The highest BCUT2D eigenvalue weighted by molar-refractivity contribution is 8.00. The Balaban J connectivity index is 2.03. The van der Waals surface area contributed by atoms with Crippen molar-refractivity contribution in [1.29, 1.82) is 0 Å². The minimum atomic E-state index is -0.139. The van der Waals surface area contributed by atoms with Gasteiger partial charge in [-0.25, -0.2) is 0 Å². The maximum atomic E-state index is 11.2. The lowest BCUT2D eigenvalue weighted by Crippen LogP contribution is -2.15. The standard InChI is InChI=1S/C10H10N2OS/c13-10-7-14-6-9(10)12-5-8-2-1-3-11-4-8/h1-5,9H,6-7H2. The molecule has 1 fully saturated rings. The molecule has 0 spiro atoms. The van der Waals surface area contributed by atoms with Crippen LogP contribution in [0.3, 0.4) is 0 Å². The van der Waals surface area contributed by atoms with Crippen molar-refractivity contribution in [2.24, 2.45) is 4.99 Å². The highest BCUT2D eigenvalue weighted by Crippen LogP contribution is 2.16. The quantitative estimate of drug-likeness (QED) is 0.682. The number of pyridine rings is 1. The summed E-state index contributed by atoms with van der Waals surface area (Å²) in [6, 6.07) is 3.63. The zero-order valence-corrected chi connectivity index (χ0v) is 8.41. The molecular formula is C10H10N2OS. The number of hydrogen-bond acceptors (Lipinski definition) is 4. The molecule has 2 rings (SSSR count). The fourth-order valence-electron chi connectivity index (χ4n) is 1.21. The Morgan fingerprint density at radius 2 is 2.57 bits per heavy atom. The average Bonchev–Trinajstić information content (AvgIpc) is 2.63. The van der Waals surface area contributed by atoms with Crippen molar-refractivity contribution in [1.82, 2.24) is 4.98 Å². The van der Waals surface area contributed by atoms with Crippen LogP contribution in [-0.4, -0.2) is 34.5 Å². The van der Waals surface area contributed by atoms with Gasteiger partial charge in [-0.3, -0.25) is 14.8 Å². The first-order chi connectivity index (χ1) is 6.86. The lowest BCUT2D eigenvalue weighted by atomic mass is 10.2. The maximum Gasteiger partial charge on any atom is 0.167 e. The van der Waals surface area contributed by atoms with Gasteiger partial charge >= 0.3 is 0 Å². The van der Waals surface area contributed by atoms with Gasteiger partial charge in [0.15, 0.2) is 5.78 Å². The molecule has 1 saturated heterocycles. The third-order valence-corrected chi connectivity index (χ3v) is 3.02. The summed E-state index contributed by atoms with van der Waals surface area (Å²) in [7, 11) is 0. The summed E-state index contributed by atoms with van der Waals surface area (Å²) in [5.41, 5.74) is 0.942. The Hall–Kier alpha value is -1.16. The van der Waals surface area contributed by atoms with Gasteiger partial charge < -0.3 is 0 Å². The third kappa shape index (κ3) is 2.20. The summed E-state index contributed by atoms with van der Waals surface area (Å²) in [5.74, 6) is 1.65. The van der Waals surface area contributed by atoms with E-state index in [0.29, 0.717) is 5.75 Å². The van der Waals surface area contributed by atoms with Crippen molar-refractivity contribution in [3.05, 3.63) is 30.1 Å². The molecule has 1 aliphatic heterocycles. The van der Waals surface area contributed by atoms with Gasteiger partial charge in [0.1, 0.15) is 6.04 Å². The number of hydrogen-bond donors (Lipinski definition) is 0. The third-order valence-electron chi connectivity index (χ3n) is 1.98. The highest BCUT2D eigenvalue weighted by atomic mass is 32.2. The highest BCUT2D eigenvalue weighted by Gasteiger charge is 2.23. The van der Waals surface area contributed by atoms with Crippen molar-refractivity contribution < 1.29 is 4.79 Å². The number of Topliss-reactive ketones (excluding diaryl/α,β-unsaturated/α-hetero) is 1. The smallest absolute Gasteiger partial charge is 0.167 e. The Morgan fingerprint density at radius 3 is 3.21 bits per heavy atom. The van der Waals surface area contributed by atoms with Crippen molar-refractivity contribution in [3.8, 4) is 0 Å². The summed E-state index contributed by atoms with van der Waals surface area (Å²) in [6.07, 6.45) is 5.17. The molecule has 0 radical (unpaired) electrons. The van der Waals surface area contributed by atoms with Crippen molar-refractivity contribution in [2.75, 3.05) is 11.5 Å². The summed E-state index contributed by atoms with van der Waals surface area (Å²) in [6.45, 7) is 0. The van der Waals surface area contributed by atoms with E-state index >= 15 is 0 Å². The van der Waals surface area contributed by atoms with Crippen LogP contribution in [0.4, 0.5) is 0 Å². The van der Waals surface area contributed by atoms with E-state index in [4.69, 9.17) is 0 Å². The molecule has 1 aromatic heterocycles. The minimum Gasteiger partial charge on any atom is -0.296 e. The average molecular weight is 206 g/mol. The summed E-state index contributed by atoms with van der Waals surface area (Å²) in [5, 5.41) is 0. The first kappa shape index (κ1) is 9.40. The van der Waals surface area contributed by atoms with Crippen LogP contribution in [-0.2, 0) is 4.79 Å². The van der Waals surface area contributed by atoms with E-state index in [1.165, 1.54) is 0 Å². The van der Waals surface area contributed by atoms with E-state index in [1.54, 1.807) is 30.4 Å². The van der Waals surface area contributed by atoms with Gasteiger partial charge in [-0.2, -0.15) is 11.8 Å². The molecule has 1 aliphatic rings. The molecule has 1 atom stereocenters. The normalized spacial score (nSPS) is 22.0. The molecule has 1 unspecified atom stereocenters. The zero-order chi connectivity index (χ0) is 9.80. The minimum absolute atomic E-state index is 0.139. The number of carbonyl (C=O) groups is 1. The fraction of sp³-hybridized carbons (Fsp3) is 0.300. The van der Waals surface area contributed by atoms with Crippen molar-refractivity contribution in [3.63, 3.8) is 0 Å². The van der Waals surface area contributed by atoms with Crippen LogP contribution in [0.5, 0.6) is 0 Å². The molecule has 4 heteroatoms. The maximum absolute atomic E-state index is 11.2. The van der Waals surface area contributed by atoms with Gasteiger partial charge in [0, 0.05) is 29.9 Å². The lowest BCUT2D eigenvalue weighted by Gasteiger charge is -1.97. The van der Waals surface area contributed by atoms with Crippen molar-refractivity contribution >= 4 is 23.8 Å². The van der Waals surface area contributed by atoms with E-state index in [0.717, 1.165) is 11.3 Å². The molecule has 0 aliphatic carbocycles. The predicted molar refractivity (Wildman–Crippen MR) is 58.0 cm³/mol. The van der Waals surface area contributed by atoms with E-state index in [1.807, 2.05) is 12.1 Å². The predicted octanol–water partition coefficient (Wildman–Crippen LogP) is 1.19. The number of nitrogens with zero attached hydrogens (tertiary/aromatic N) is 2. The molecule has 0 amide bonds. The van der Waals surface area contributed by atoms with Gasteiger partial charge in [0.25, 0.3) is 0 Å². The van der Waals surface area contributed by atoms with Gasteiger partial charge in [-0.1, -0.05) is 6.07 Å². The fourth-order valence-corrected chi connectivity index (χ4v) is 2.22. The summed E-state index contributed by atoms with van der Waals surface area (Å²) < 4.78 is 0. The van der Waals surface area contributed by atoms with E-state index in [2.05, 4.69) is 9.98 Å². The first-order valence-electron chi connectivity index (χ1n) is 4.40. The first-order valence-corrected chi connectivity index (χ1v) is 5.55. The second-order valence-corrected chi connectivity index (χ2v) is 4.09. The number of aliphatic imine (C=N–C) groups is 1. The molecule has 0 aromatic carbocycles. The molecular weight excluding hydrogens is 196 g/mol. The molecule has 3 nitrogen and oxygen atoms in total. The van der Waals surface area contributed by atoms with E-state index in [9.17, 15) is 4.79 Å². The number of rotatable bonds is 2. The van der Waals surface area contributed by atoms with Crippen LogP contribution < -0.4 is 0 Å². The monoisotopic (exact) mass is 206 g/mol. The Kier molecular flexibility index (Phi) is 2.93. The van der Waals surface area contributed by atoms with Crippen molar-refractivity contribution in [2.45, 2.75) is 6.04 Å². The molecule has 0 saturated carbocycles. The molecule has 2 heterocycles. The molecule has 0 N–H and O–H groups in total. The summed E-state index contributed by atoms with van der Waals surface area (Å²) >= 11 is 1.65. The van der Waals surface area contributed by atoms with Gasteiger partial charge in [-0.05, 0) is 6.07 Å². The van der Waals surface area contributed by atoms with Crippen LogP contribution in [0.2, 0.25) is 0 Å². The Labute approximate surface area is 86.6 Å². The SMILES string of the molecule is O=C1CSCC1N=Cc1cccnc1. The number of aromatic nitrogens is 1. The second-order valence-electron chi connectivity index (χ2n) is 3.06. The Morgan fingerprint density at radius 1 is 1.64 bits per heavy atom. The number of ketones is 1. The topological polar surface area (TPSA) is 42.3 Å². The van der Waals surface area contributed by atoms with Crippen LogP contribution in [0.1, 0.15) is 5.56 Å². The molecule has 72 valence electrons. The number of thioether (sulfide) groups is 1. The largest absolute Gasteiger partial charge is 0.296 e. The van der Waals surface area contributed by atoms with Gasteiger partial charge in [0.05, 0.1) is 5.75 Å². The van der Waals surface area contributed by atoms with Gasteiger partial charge in [-0.15, -0.1) is 0 Å². The van der Waals surface area contributed by atoms with Gasteiger partial charge in [0.2, 0.25) is 0 Å².